The number of aromatic nitrogens is 2. The summed E-state index contributed by atoms with van der Waals surface area (Å²) in [6.07, 6.45) is 8.01. The highest BCUT2D eigenvalue weighted by molar-refractivity contribution is 5.78. The summed E-state index contributed by atoms with van der Waals surface area (Å²) in [7, 11) is 0. The SMILES string of the molecule is Cc1cnc(CNC(=O)CC2(c3ccccc3)C3CC4CC2CC(C3)C4O)cn1. The van der Waals surface area contributed by atoms with Crippen LogP contribution in [0.5, 0.6) is 0 Å². The second kappa shape index (κ2) is 7.21. The van der Waals surface area contributed by atoms with E-state index in [1.54, 1.807) is 12.4 Å². The van der Waals surface area contributed by atoms with Gasteiger partial charge in [-0.2, -0.15) is 0 Å². The Hall–Kier alpha value is -2.27. The van der Waals surface area contributed by atoms with Crippen LogP contribution in [0, 0.1) is 30.6 Å². The monoisotopic (exact) mass is 391 g/mol. The first kappa shape index (κ1) is 18.7. The summed E-state index contributed by atoms with van der Waals surface area (Å²) in [5, 5.41) is 13.7. The minimum atomic E-state index is -0.134. The van der Waals surface area contributed by atoms with Crippen LogP contribution in [-0.2, 0) is 16.8 Å². The number of hydrogen-bond acceptors (Lipinski definition) is 4. The smallest absolute Gasteiger partial charge is 0.221 e. The minimum Gasteiger partial charge on any atom is -0.393 e. The molecule has 4 bridgehead atoms. The third kappa shape index (κ3) is 3.16. The van der Waals surface area contributed by atoms with E-state index in [1.807, 2.05) is 13.0 Å². The van der Waals surface area contributed by atoms with E-state index in [9.17, 15) is 9.90 Å². The van der Waals surface area contributed by atoms with Crippen LogP contribution >= 0.6 is 0 Å². The van der Waals surface area contributed by atoms with Crippen LogP contribution in [0.1, 0.15) is 49.1 Å². The maximum absolute atomic E-state index is 13.1. The van der Waals surface area contributed by atoms with E-state index >= 15 is 0 Å². The Labute approximate surface area is 172 Å². The van der Waals surface area contributed by atoms with E-state index in [0.717, 1.165) is 37.1 Å². The molecule has 4 aliphatic rings. The lowest BCUT2D eigenvalue weighted by Crippen LogP contribution is -2.61. The predicted molar refractivity (Wildman–Crippen MR) is 110 cm³/mol. The van der Waals surface area contributed by atoms with Gasteiger partial charge in [-0.3, -0.25) is 14.8 Å². The minimum absolute atomic E-state index is 0.0873. The molecule has 152 valence electrons. The highest BCUT2D eigenvalue weighted by atomic mass is 16.3. The van der Waals surface area contributed by atoms with Crippen molar-refractivity contribution >= 4 is 5.91 Å². The number of carbonyl (C=O) groups excluding carboxylic acids is 1. The molecule has 4 aliphatic carbocycles. The molecular weight excluding hydrogens is 362 g/mol. The first-order valence-electron chi connectivity index (χ1n) is 10.8. The largest absolute Gasteiger partial charge is 0.393 e. The maximum Gasteiger partial charge on any atom is 0.221 e. The highest BCUT2D eigenvalue weighted by Gasteiger charge is 2.60. The molecule has 5 heteroatoms. The molecule has 0 atom stereocenters. The number of aryl methyl sites for hydroxylation is 1. The fourth-order valence-electron chi connectivity index (χ4n) is 6.60. The Morgan fingerprint density at radius 2 is 1.72 bits per heavy atom. The lowest BCUT2D eigenvalue weighted by Gasteiger charge is -2.63. The Kier molecular flexibility index (Phi) is 4.66. The van der Waals surface area contributed by atoms with Crippen molar-refractivity contribution in [3.8, 4) is 0 Å². The average Bonchev–Trinajstić information content (AvgIpc) is 2.72. The van der Waals surface area contributed by atoms with Gasteiger partial charge in [0.05, 0.1) is 30.2 Å². The van der Waals surface area contributed by atoms with Gasteiger partial charge < -0.3 is 10.4 Å². The number of benzene rings is 1. The standard InChI is InChI=1S/C24H29N3O2/c1-15-12-26-21(13-25-15)14-27-22(28)11-24(18-5-3-2-4-6-18)19-7-16-8-20(24)10-17(9-19)23(16)29/h2-6,12-13,16-17,19-20,23,29H,7-11,14H2,1H3,(H,27,28). The number of hydrogen-bond donors (Lipinski definition) is 2. The van der Waals surface area contributed by atoms with Gasteiger partial charge in [0, 0.05) is 18.0 Å². The van der Waals surface area contributed by atoms with Gasteiger partial charge in [-0.1, -0.05) is 30.3 Å². The van der Waals surface area contributed by atoms with Gasteiger partial charge in [-0.25, -0.2) is 0 Å². The number of aliphatic hydroxyl groups is 1. The maximum atomic E-state index is 13.1. The summed E-state index contributed by atoms with van der Waals surface area (Å²) in [5.41, 5.74) is 2.84. The van der Waals surface area contributed by atoms with Crippen LogP contribution in [0.3, 0.4) is 0 Å². The third-order valence-corrected chi connectivity index (χ3v) is 7.84. The predicted octanol–water partition coefficient (Wildman–Crippen LogP) is 3.16. The number of carbonyl (C=O) groups is 1. The van der Waals surface area contributed by atoms with Crippen LogP contribution < -0.4 is 5.32 Å². The lowest BCUT2D eigenvalue weighted by atomic mass is 9.42. The van der Waals surface area contributed by atoms with Crippen LogP contribution in [0.2, 0.25) is 0 Å². The molecule has 2 N–H and O–H groups in total. The summed E-state index contributed by atoms with van der Waals surface area (Å²) >= 11 is 0. The van der Waals surface area contributed by atoms with Gasteiger partial charge in [-0.05, 0) is 61.8 Å². The molecule has 0 radical (unpaired) electrons. The third-order valence-electron chi connectivity index (χ3n) is 7.84. The molecule has 0 spiro atoms. The summed E-state index contributed by atoms with van der Waals surface area (Å²) in [6, 6.07) is 10.6. The number of aliphatic hydroxyl groups excluding tert-OH is 1. The first-order valence-corrected chi connectivity index (χ1v) is 10.8. The molecule has 29 heavy (non-hydrogen) atoms. The molecule has 5 nitrogen and oxygen atoms in total. The van der Waals surface area contributed by atoms with Crippen molar-refractivity contribution in [3.63, 3.8) is 0 Å². The summed E-state index contributed by atoms with van der Waals surface area (Å²) in [5.74, 6) is 1.87. The van der Waals surface area contributed by atoms with Crippen molar-refractivity contribution in [2.24, 2.45) is 23.7 Å². The fourth-order valence-corrected chi connectivity index (χ4v) is 6.60. The van der Waals surface area contributed by atoms with Gasteiger partial charge in [0.15, 0.2) is 0 Å². The van der Waals surface area contributed by atoms with E-state index in [2.05, 4.69) is 39.6 Å². The molecule has 6 rings (SSSR count). The van der Waals surface area contributed by atoms with Crippen molar-refractivity contribution in [1.82, 2.24) is 15.3 Å². The number of nitrogens with zero attached hydrogens (tertiary/aromatic N) is 2. The first-order chi connectivity index (χ1) is 14.1. The van der Waals surface area contributed by atoms with Gasteiger partial charge in [-0.15, -0.1) is 0 Å². The topological polar surface area (TPSA) is 75.1 Å². The molecule has 1 aromatic carbocycles. The van der Waals surface area contributed by atoms with Gasteiger partial charge in [0.2, 0.25) is 5.91 Å². The second-order valence-electron chi connectivity index (χ2n) is 9.36. The van der Waals surface area contributed by atoms with E-state index < -0.39 is 0 Å². The molecular formula is C24H29N3O2. The molecule has 2 aromatic rings. The second-order valence-corrected chi connectivity index (χ2v) is 9.36. The van der Waals surface area contributed by atoms with Gasteiger partial charge in [0.1, 0.15) is 0 Å². The highest BCUT2D eigenvalue weighted by Crippen LogP contribution is 2.64. The molecule has 4 fully saturated rings. The average molecular weight is 392 g/mol. The fraction of sp³-hybridized carbons (Fsp3) is 0.542. The zero-order chi connectivity index (χ0) is 20.0. The van der Waals surface area contributed by atoms with Crippen LogP contribution in [0.15, 0.2) is 42.7 Å². The molecule has 1 amide bonds. The van der Waals surface area contributed by atoms with Crippen molar-refractivity contribution in [3.05, 3.63) is 59.7 Å². The molecule has 0 saturated heterocycles. The van der Waals surface area contributed by atoms with Crippen molar-refractivity contribution < 1.29 is 9.90 Å². The van der Waals surface area contributed by atoms with Crippen LogP contribution in [0.4, 0.5) is 0 Å². The zero-order valence-corrected chi connectivity index (χ0v) is 16.9. The Morgan fingerprint density at radius 1 is 1.07 bits per heavy atom. The number of amides is 1. The van der Waals surface area contributed by atoms with Crippen LogP contribution in [0.25, 0.3) is 0 Å². The molecule has 0 unspecified atom stereocenters. The Balaban J connectivity index is 1.39. The van der Waals surface area contributed by atoms with E-state index in [1.165, 1.54) is 5.56 Å². The summed E-state index contributed by atoms with van der Waals surface area (Å²) in [6.45, 7) is 2.32. The quantitative estimate of drug-likeness (QED) is 0.821. The summed E-state index contributed by atoms with van der Waals surface area (Å²) < 4.78 is 0. The van der Waals surface area contributed by atoms with E-state index in [0.29, 0.717) is 36.6 Å². The lowest BCUT2D eigenvalue weighted by molar-refractivity contribution is -0.147. The van der Waals surface area contributed by atoms with E-state index in [-0.39, 0.29) is 17.4 Å². The van der Waals surface area contributed by atoms with Crippen molar-refractivity contribution in [2.45, 2.75) is 57.1 Å². The zero-order valence-electron chi connectivity index (χ0n) is 16.9. The molecule has 1 aromatic heterocycles. The van der Waals surface area contributed by atoms with E-state index in [4.69, 9.17) is 0 Å². The molecule has 4 saturated carbocycles. The van der Waals surface area contributed by atoms with Gasteiger partial charge in [0.25, 0.3) is 0 Å². The van der Waals surface area contributed by atoms with Crippen molar-refractivity contribution in [2.75, 3.05) is 0 Å². The Morgan fingerprint density at radius 3 is 2.31 bits per heavy atom. The normalized spacial score (nSPS) is 34.9. The summed E-state index contributed by atoms with van der Waals surface area (Å²) in [4.78, 5) is 21.7. The van der Waals surface area contributed by atoms with Crippen LogP contribution in [-0.4, -0.2) is 27.1 Å². The van der Waals surface area contributed by atoms with Gasteiger partial charge >= 0.3 is 0 Å². The molecule has 1 heterocycles. The molecule has 0 aliphatic heterocycles. The Bertz CT molecular complexity index is 851. The number of rotatable bonds is 5. The van der Waals surface area contributed by atoms with Crippen molar-refractivity contribution in [1.29, 1.82) is 0 Å². The number of nitrogens with one attached hydrogen (secondary N) is 1.